The fourth-order valence-corrected chi connectivity index (χ4v) is 2.53. The van der Waals surface area contributed by atoms with E-state index >= 15 is 0 Å². The topological polar surface area (TPSA) is 37.8 Å². The van der Waals surface area contributed by atoms with Crippen LogP contribution in [0.15, 0.2) is 35.5 Å². The molecule has 1 aromatic heterocycles. The maximum Gasteiger partial charge on any atom is 0.0892 e. The number of thioether (sulfide) groups is 1. The highest BCUT2D eigenvalue weighted by Crippen LogP contribution is 2.23. The minimum Gasteiger partial charge on any atom is -0.303 e. The molecule has 0 amide bonds. The molecule has 3 rings (SSSR count). The summed E-state index contributed by atoms with van der Waals surface area (Å²) in [4.78, 5) is 9.93. The van der Waals surface area contributed by atoms with E-state index in [1.807, 2.05) is 17.8 Å². The number of rotatable bonds is 1. The lowest BCUT2D eigenvalue weighted by Gasteiger charge is -1.99. The highest BCUT2D eigenvalue weighted by atomic mass is 32.2. The first-order valence-corrected chi connectivity index (χ1v) is 6.15. The van der Waals surface area contributed by atoms with Gasteiger partial charge in [0.2, 0.25) is 0 Å². The predicted molar refractivity (Wildman–Crippen MR) is 68.0 cm³/mol. The van der Waals surface area contributed by atoms with Crippen molar-refractivity contribution in [2.75, 3.05) is 12.4 Å². The Morgan fingerprint density at radius 1 is 1.19 bits per heavy atom. The molecule has 1 aliphatic heterocycles. The van der Waals surface area contributed by atoms with Crippen LogP contribution in [-0.2, 0) is 0 Å². The Bertz CT molecular complexity index is 543. The van der Waals surface area contributed by atoms with Crippen LogP contribution >= 0.6 is 11.8 Å². The molecule has 1 aromatic carbocycles. The lowest BCUT2D eigenvalue weighted by Crippen LogP contribution is -2.04. The number of nitrogens with one attached hydrogen (secondary N) is 1. The van der Waals surface area contributed by atoms with Crippen LogP contribution in [-0.4, -0.2) is 22.4 Å². The monoisotopic (exact) mass is 229 g/mol. The van der Waals surface area contributed by atoms with Crippen molar-refractivity contribution in [2.24, 2.45) is 0 Å². The van der Waals surface area contributed by atoms with Crippen LogP contribution in [0.25, 0.3) is 17.1 Å². The molecule has 1 saturated heterocycles. The molecule has 1 aliphatic rings. The van der Waals surface area contributed by atoms with Crippen molar-refractivity contribution in [1.29, 1.82) is 0 Å². The molecule has 0 radical (unpaired) electrons. The highest BCUT2D eigenvalue weighted by molar-refractivity contribution is 8.03. The zero-order chi connectivity index (χ0) is 10.8. The minimum absolute atomic E-state index is 0.946. The average Bonchev–Trinajstić information content (AvgIpc) is 2.82. The van der Waals surface area contributed by atoms with Gasteiger partial charge >= 0.3 is 0 Å². The molecule has 1 fully saturated rings. The molecule has 2 heterocycles. The minimum atomic E-state index is 0.946. The summed E-state index contributed by atoms with van der Waals surface area (Å²) in [7, 11) is 0. The van der Waals surface area contributed by atoms with Crippen molar-refractivity contribution in [1.82, 2.24) is 15.3 Å². The van der Waals surface area contributed by atoms with Crippen molar-refractivity contribution in [2.45, 2.75) is 0 Å². The van der Waals surface area contributed by atoms with E-state index in [4.69, 9.17) is 0 Å². The zero-order valence-electron chi connectivity index (χ0n) is 8.68. The fraction of sp³-hybridized carbons (Fsp3) is 0.167. The Hall–Kier alpha value is -1.39. The third kappa shape index (κ3) is 1.94. The third-order valence-electron chi connectivity index (χ3n) is 2.48. The normalized spacial score (nSPS) is 18.4. The van der Waals surface area contributed by atoms with E-state index < -0.39 is 0 Å². The van der Waals surface area contributed by atoms with Gasteiger partial charge in [-0.2, -0.15) is 0 Å². The van der Waals surface area contributed by atoms with E-state index in [1.165, 1.54) is 10.5 Å². The van der Waals surface area contributed by atoms with Gasteiger partial charge in [0.25, 0.3) is 0 Å². The summed E-state index contributed by atoms with van der Waals surface area (Å²) < 4.78 is 0. The Balaban J connectivity index is 2.01. The Morgan fingerprint density at radius 3 is 2.88 bits per heavy atom. The maximum atomic E-state index is 4.30. The molecular weight excluding hydrogens is 218 g/mol. The molecule has 16 heavy (non-hydrogen) atoms. The molecule has 2 aromatic rings. The van der Waals surface area contributed by atoms with Gasteiger partial charge < -0.3 is 5.32 Å². The molecule has 0 spiro atoms. The zero-order valence-corrected chi connectivity index (χ0v) is 9.50. The van der Waals surface area contributed by atoms with E-state index in [0.717, 1.165) is 23.5 Å². The van der Waals surface area contributed by atoms with E-state index in [1.54, 1.807) is 12.4 Å². The van der Waals surface area contributed by atoms with Crippen molar-refractivity contribution in [3.05, 3.63) is 41.1 Å². The standard InChI is InChI=1S/C12H11N3S/c1-2-11-12(15-4-3-14-11)6-9(1)5-10-7-13-8-16-10/h1-6,13H,7-8H2. The van der Waals surface area contributed by atoms with Crippen LogP contribution < -0.4 is 5.32 Å². The number of hydrogen-bond acceptors (Lipinski definition) is 4. The van der Waals surface area contributed by atoms with E-state index in [2.05, 4.69) is 33.5 Å². The van der Waals surface area contributed by atoms with Gasteiger partial charge in [-0.15, -0.1) is 11.8 Å². The Kier molecular flexibility index (Phi) is 2.60. The Labute approximate surface area is 98.0 Å². The SMILES string of the molecule is C(=C1CNCS1)c1ccc2nccnc2c1. The third-order valence-corrected chi connectivity index (χ3v) is 3.46. The van der Waals surface area contributed by atoms with E-state index in [9.17, 15) is 0 Å². The molecule has 4 heteroatoms. The van der Waals surface area contributed by atoms with Crippen LogP contribution in [0.4, 0.5) is 0 Å². The first-order valence-electron chi connectivity index (χ1n) is 5.17. The highest BCUT2D eigenvalue weighted by Gasteiger charge is 2.06. The number of nitrogens with zero attached hydrogens (tertiary/aromatic N) is 2. The van der Waals surface area contributed by atoms with Crippen molar-refractivity contribution in [3.63, 3.8) is 0 Å². The maximum absolute atomic E-state index is 4.30. The molecule has 0 bridgehead atoms. The summed E-state index contributed by atoms with van der Waals surface area (Å²) in [5.41, 5.74) is 3.09. The summed E-state index contributed by atoms with van der Waals surface area (Å²) in [6, 6.07) is 6.18. The second kappa shape index (κ2) is 4.23. The average molecular weight is 229 g/mol. The molecule has 3 nitrogen and oxygen atoms in total. The van der Waals surface area contributed by atoms with Gasteiger partial charge in [-0.25, -0.2) is 0 Å². The first-order chi connectivity index (χ1) is 7.92. The summed E-state index contributed by atoms with van der Waals surface area (Å²) in [6.07, 6.45) is 5.65. The molecule has 0 unspecified atom stereocenters. The van der Waals surface area contributed by atoms with Gasteiger partial charge in [0.15, 0.2) is 0 Å². The quantitative estimate of drug-likeness (QED) is 0.814. The summed E-state index contributed by atoms with van der Waals surface area (Å²) in [5.74, 6) is 1.01. The number of fused-ring (bicyclic) bond motifs is 1. The number of benzene rings is 1. The smallest absolute Gasteiger partial charge is 0.0892 e. The van der Waals surface area contributed by atoms with Crippen molar-refractivity contribution < 1.29 is 0 Å². The van der Waals surface area contributed by atoms with Crippen LogP contribution in [0, 0.1) is 0 Å². The van der Waals surface area contributed by atoms with Crippen LogP contribution in [0.2, 0.25) is 0 Å². The molecule has 0 atom stereocenters. The second-order valence-electron chi connectivity index (χ2n) is 3.63. The summed E-state index contributed by atoms with van der Waals surface area (Å²) >= 11 is 1.86. The molecule has 0 saturated carbocycles. The van der Waals surface area contributed by atoms with Gasteiger partial charge in [0.1, 0.15) is 0 Å². The molecule has 1 N–H and O–H groups in total. The van der Waals surface area contributed by atoms with Gasteiger partial charge in [-0.05, 0) is 23.8 Å². The molecule has 0 aliphatic carbocycles. The van der Waals surface area contributed by atoms with Crippen molar-refractivity contribution >= 4 is 28.9 Å². The van der Waals surface area contributed by atoms with Crippen LogP contribution in [0.1, 0.15) is 5.56 Å². The lowest BCUT2D eigenvalue weighted by atomic mass is 10.2. The summed E-state index contributed by atoms with van der Waals surface area (Å²) in [6.45, 7) is 0.975. The fourth-order valence-electron chi connectivity index (χ4n) is 1.72. The largest absolute Gasteiger partial charge is 0.303 e. The van der Waals surface area contributed by atoms with Gasteiger partial charge in [0, 0.05) is 29.7 Å². The molecule has 80 valence electrons. The number of hydrogen-bond donors (Lipinski definition) is 1. The molecular formula is C12H11N3S. The summed E-state index contributed by atoms with van der Waals surface area (Å²) in [5, 5.41) is 3.30. The van der Waals surface area contributed by atoms with Crippen LogP contribution in [0.3, 0.4) is 0 Å². The van der Waals surface area contributed by atoms with Gasteiger partial charge in [0.05, 0.1) is 11.0 Å². The van der Waals surface area contributed by atoms with E-state index in [-0.39, 0.29) is 0 Å². The predicted octanol–water partition coefficient (Wildman–Crippen LogP) is 2.26. The lowest BCUT2D eigenvalue weighted by molar-refractivity contribution is 0.916. The van der Waals surface area contributed by atoms with Gasteiger partial charge in [-0.1, -0.05) is 6.07 Å². The first kappa shape index (κ1) is 9.81. The van der Waals surface area contributed by atoms with Crippen molar-refractivity contribution in [3.8, 4) is 0 Å². The second-order valence-corrected chi connectivity index (χ2v) is 4.73. The van der Waals surface area contributed by atoms with E-state index in [0.29, 0.717) is 0 Å². The van der Waals surface area contributed by atoms with Gasteiger partial charge in [-0.3, -0.25) is 9.97 Å². The van der Waals surface area contributed by atoms with Crippen LogP contribution in [0.5, 0.6) is 0 Å². The number of aromatic nitrogens is 2. The Morgan fingerprint density at radius 2 is 2.06 bits per heavy atom.